The first-order chi connectivity index (χ1) is 8.41. The second-order valence-corrected chi connectivity index (χ2v) is 4.67. The number of carbonyl (C=O) groups excluding carboxylic acids is 1. The van der Waals surface area contributed by atoms with Crippen molar-refractivity contribution in [3.8, 4) is 0 Å². The lowest BCUT2D eigenvalue weighted by Gasteiger charge is -2.09. The number of amides is 1. The fourth-order valence-corrected chi connectivity index (χ4v) is 1.75. The van der Waals surface area contributed by atoms with Gasteiger partial charge in [0.05, 0.1) is 16.5 Å². The number of carbonyl (C=O) groups is 2. The van der Waals surface area contributed by atoms with E-state index in [4.69, 9.17) is 16.7 Å². The predicted octanol–water partition coefficient (Wildman–Crippen LogP) is 2.49. The second-order valence-electron chi connectivity index (χ2n) is 4.27. The number of hydrogen-bond acceptors (Lipinski definition) is 2. The van der Waals surface area contributed by atoms with Gasteiger partial charge in [0, 0.05) is 6.54 Å². The SMILES string of the molecule is Cc1ccc(C(=O)NCCC(C)C(=O)O)c(Cl)c1. The molecular formula is C13H16ClNO3. The lowest BCUT2D eigenvalue weighted by atomic mass is 10.1. The summed E-state index contributed by atoms with van der Waals surface area (Å²) >= 11 is 5.96. The summed E-state index contributed by atoms with van der Waals surface area (Å²) in [4.78, 5) is 22.4. The number of aryl methyl sites for hydroxylation is 1. The summed E-state index contributed by atoms with van der Waals surface area (Å²) in [5.74, 6) is -1.62. The van der Waals surface area contributed by atoms with Crippen molar-refractivity contribution in [1.82, 2.24) is 5.32 Å². The standard InChI is InChI=1S/C13H16ClNO3/c1-8-3-4-10(11(14)7-8)12(16)15-6-5-9(2)13(17)18/h3-4,7,9H,5-6H2,1-2H3,(H,15,16)(H,17,18). The van der Waals surface area contributed by atoms with E-state index in [1.165, 1.54) is 0 Å². The Kier molecular flexibility index (Phi) is 5.16. The summed E-state index contributed by atoms with van der Waals surface area (Å²) in [6, 6.07) is 5.19. The number of rotatable bonds is 5. The lowest BCUT2D eigenvalue weighted by Crippen LogP contribution is -2.27. The topological polar surface area (TPSA) is 66.4 Å². The number of carboxylic acid groups (broad SMARTS) is 1. The van der Waals surface area contributed by atoms with Gasteiger partial charge in [-0.05, 0) is 31.0 Å². The van der Waals surface area contributed by atoms with Crippen LogP contribution < -0.4 is 5.32 Å². The van der Waals surface area contributed by atoms with Gasteiger partial charge in [0.1, 0.15) is 0 Å². The van der Waals surface area contributed by atoms with Gasteiger partial charge in [-0.1, -0.05) is 24.6 Å². The molecule has 0 spiro atoms. The molecule has 1 aromatic rings. The van der Waals surface area contributed by atoms with E-state index in [0.717, 1.165) is 5.56 Å². The molecular weight excluding hydrogens is 254 g/mol. The summed E-state index contributed by atoms with van der Waals surface area (Å²) in [6.07, 6.45) is 0.393. The van der Waals surface area contributed by atoms with Gasteiger partial charge in [-0.3, -0.25) is 9.59 Å². The molecule has 1 rings (SSSR count). The number of aliphatic carboxylic acids is 1. The van der Waals surface area contributed by atoms with Gasteiger partial charge >= 0.3 is 5.97 Å². The quantitative estimate of drug-likeness (QED) is 0.863. The smallest absolute Gasteiger partial charge is 0.306 e. The van der Waals surface area contributed by atoms with Crippen molar-refractivity contribution in [3.05, 3.63) is 34.3 Å². The third kappa shape index (κ3) is 4.04. The molecule has 0 saturated heterocycles. The van der Waals surface area contributed by atoms with Crippen molar-refractivity contribution in [2.75, 3.05) is 6.54 Å². The van der Waals surface area contributed by atoms with Crippen LogP contribution in [0.1, 0.15) is 29.3 Å². The Bertz CT molecular complexity index is 460. The minimum Gasteiger partial charge on any atom is -0.481 e. The van der Waals surface area contributed by atoms with Gasteiger partial charge in [0.2, 0.25) is 0 Å². The van der Waals surface area contributed by atoms with Crippen LogP contribution in [-0.2, 0) is 4.79 Å². The van der Waals surface area contributed by atoms with Crippen LogP contribution >= 0.6 is 11.6 Å². The first-order valence-electron chi connectivity index (χ1n) is 5.69. The molecule has 1 atom stereocenters. The molecule has 0 aliphatic heterocycles. The maximum atomic E-state index is 11.8. The normalized spacial score (nSPS) is 11.9. The molecule has 0 aromatic heterocycles. The van der Waals surface area contributed by atoms with Crippen LogP contribution in [0.2, 0.25) is 5.02 Å². The van der Waals surface area contributed by atoms with E-state index in [0.29, 0.717) is 23.6 Å². The van der Waals surface area contributed by atoms with Crippen molar-refractivity contribution in [2.45, 2.75) is 20.3 Å². The van der Waals surface area contributed by atoms with E-state index in [1.807, 2.05) is 6.92 Å². The molecule has 0 aliphatic carbocycles. The fourth-order valence-electron chi connectivity index (χ4n) is 1.43. The van der Waals surface area contributed by atoms with Gasteiger partial charge in [-0.25, -0.2) is 0 Å². The highest BCUT2D eigenvalue weighted by molar-refractivity contribution is 6.33. The number of benzene rings is 1. The molecule has 18 heavy (non-hydrogen) atoms. The monoisotopic (exact) mass is 269 g/mol. The highest BCUT2D eigenvalue weighted by Crippen LogP contribution is 2.17. The van der Waals surface area contributed by atoms with Crippen LogP contribution in [-0.4, -0.2) is 23.5 Å². The van der Waals surface area contributed by atoms with Gasteiger partial charge < -0.3 is 10.4 Å². The first-order valence-corrected chi connectivity index (χ1v) is 6.06. The number of halogens is 1. The average molecular weight is 270 g/mol. The summed E-state index contributed by atoms with van der Waals surface area (Å²) in [5.41, 5.74) is 1.39. The average Bonchev–Trinajstić information content (AvgIpc) is 2.28. The molecule has 1 aromatic carbocycles. The van der Waals surface area contributed by atoms with E-state index >= 15 is 0 Å². The van der Waals surface area contributed by atoms with Crippen LogP contribution in [0.25, 0.3) is 0 Å². The van der Waals surface area contributed by atoms with Crippen LogP contribution in [0.4, 0.5) is 0 Å². The Labute approximate surface area is 111 Å². The summed E-state index contributed by atoms with van der Waals surface area (Å²) in [5, 5.41) is 11.8. The molecule has 1 unspecified atom stereocenters. The van der Waals surface area contributed by atoms with Crippen LogP contribution in [0, 0.1) is 12.8 Å². The van der Waals surface area contributed by atoms with E-state index in [2.05, 4.69) is 5.32 Å². The molecule has 0 bridgehead atoms. The molecule has 5 heteroatoms. The molecule has 0 heterocycles. The lowest BCUT2D eigenvalue weighted by molar-refractivity contribution is -0.141. The Morgan fingerprint density at radius 2 is 2.11 bits per heavy atom. The van der Waals surface area contributed by atoms with Gasteiger partial charge in [-0.15, -0.1) is 0 Å². The highest BCUT2D eigenvalue weighted by Gasteiger charge is 2.13. The number of nitrogens with one attached hydrogen (secondary N) is 1. The van der Waals surface area contributed by atoms with Crippen LogP contribution in [0.15, 0.2) is 18.2 Å². The van der Waals surface area contributed by atoms with Gasteiger partial charge in [0.25, 0.3) is 5.91 Å². The summed E-state index contributed by atoms with van der Waals surface area (Å²) in [6.45, 7) is 3.81. The third-order valence-electron chi connectivity index (χ3n) is 2.65. The van der Waals surface area contributed by atoms with Crippen molar-refractivity contribution in [2.24, 2.45) is 5.92 Å². The summed E-state index contributed by atoms with van der Waals surface area (Å²) in [7, 11) is 0. The minimum absolute atomic E-state index is 0.280. The van der Waals surface area contributed by atoms with Crippen molar-refractivity contribution >= 4 is 23.5 Å². The van der Waals surface area contributed by atoms with E-state index in [1.54, 1.807) is 25.1 Å². The zero-order chi connectivity index (χ0) is 13.7. The van der Waals surface area contributed by atoms with Crippen molar-refractivity contribution in [1.29, 1.82) is 0 Å². The Morgan fingerprint density at radius 3 is 2.67 bits per heavy atom. The molecule has 0 fully saturated rings. The molecule has 0 radical (unpaired) electrons. The Hall–Kier alpha value is -1.55. The zero-order valence-electron chi connectivity index (χ0n) is 10.4. The van der Waals surface area contributed by atoms with Crippen molar-refractivity contribution < 1.29 is 14.7 Å². The van der Waals surface area contributed by atoms with Crippen molar-refractivity contribution in [3.63, 3.8) is 0 Å². The molecule has 4 nitrogen and oxygen atoms in total. The van der Waals surface area contributed by atoms with E-state index < -0.39 is 11.9 Å². The predicted molar refractivity (Wildman–Crippen MR) is 69.9 cm³/mol. The molecule has 98 valence electrons. The van der Waals surface area contributed by atoms with Gasteiger partial charge in [0.15, 0.2) is 0 Å². The molecule has 2 N–H and O–H groups in total. The highest BCUT2D eigenvalue weighted by atomic mass is 35.5. The Morgan fingerprint density at radius 1 is 1.44 bits per heavy atom. The third-order valence-corrected chi connectivity index (χ3v) is 2.97. The molecule has 1 amide bonds. The molecule has 0 aliphatic rings. The Balaban J connectivity index is 2.53. The van der Waals surface area contributed by atoms with Crippen LogP contribution in [0.3, 0.4) is 0 Å². The zero-order valence-corrected chi connectivity index (χ0v) is 11.1. The van der Waals surface area contributed by atoms with Crippen LogP contribution in [0.5, 0.6) is 0 Å². The largest absolute Gasteiger partial charge is 0.481 e. The summed E-state index contributed by atoms with van der Waals surface area (Å²) < 4.78 is 0. The fraction of sp³-hybridized carbons (Fsp3) is 0.385. The maximum absolute atomic E-state index is 11.8. The van der Waals surface area contributed by atoms with Gasteiger partial charge in [-0.2, -0.15) is 0 Å². The number of carboxylic acids is 1. The molecule has 0 saturated carbocycles. The minimum atomic E-state index is -0.863. The maximum Gasteiger partial charge on any atom is 0.306 e. The first kappa shape index (κ1) is 14.5. The van der Waals surface area contributed by atoms with E-state index in [9.17, 15) is 9.59 Å². The van der Waals surface area contributed by atoms with E-state index in [-0.39, 0.29) is 5.91 Å². The second kappa shape index (κ2) is 6.40. The number of hydrogen-bond donors (Lipinski definition) is 2.